The predicted octanol–water partition coefficient (Wildman–Crippen LogP) is 2.91. The summed E-state index contributed by atoms with van der Waals surface area (Å²) in [6.45, 7) is 3.64. The number of likely N-dealkylation sites (N-methyl/N-ethyl adjacent to an activating group) is 1. The zero-order chi connectivity index (χ0) is 14.7. The van der Waals surface area contributed by atoms with Gasteiger partial charge in [-0.15, -0.1) is 0 Å². The fourth-order valence-corrected chi connectivity index (χ4v) is 2.11. The van der Waals surface area contributed by atoms with Crippen molar-refractivity contribution in [3.63, 3.8) is 0 Å². The van der Waals surface area contributed by atoms with Gasteiger partial charge in [0.15, 0.2) is 0 Å². The van der Waals surface area contributed by atoms with Crippen molar-refractivity contribution in [2.75, 3.05) is 34.3 Å². The van der Waals surface area contributed by atoms with Crippen LogP contribution >= 0.6 is 0 Å². The Balaban J connectivity index is 3.77. The summed E-state index contributed by atoms with van der Waals surface area (Å²) in [5.41, 5.74) is 0. The molecule has 0 rings (SSSR count). The molecule has 114 valence electrons. The van der Waals surface area contributed by atoms with Gasteiger partial charge in [0, 0.05) is 6.61 Å². The number of hydrogen-bond donors (Lipinski definition) is 1. The summed E-state index contributed by atoms with van der Waals surface area (Å²) in [7, 11) is 6.18. The number of rotatable bonds is 12. The highest BCUT2D eigenvalue weighted by atomic mass is 16.5. The van der Waals surface area contributed by atoms with Crippen LogP contribution in [-0.2, 0) is 9.53 Å². The molecular weight excluding hydrogens is 242 g/mol. The SMILES string of the molecule is CCCCCCCCOC(CC(=O)O)C[N+](C)(C)C. The zero-order valence-electron chi connectivity index (χ0n) is 13.2. The molecule has 0 heterocycles. The Morgan fingerprint density at radius 2 is 1.68 bits per heavy atom. The molecule has 1 N–H and O–H groups in total. The van der Waals surface area contributed by atoms with Gasteiger partial charge in [0.05, 0.1) is 27.6 Å². The average molecular weight is 274 g/mol. The molecule has 0 aromatic carbocycles. The molecule has 1 unspecified atom stereocenters. The molecule has 0 aromatic heterocycles. The maximum atomic E-state index is 10.8. The van der Waals surface area contributed by atoms with Crippen LogP contribution in [0.25, 0.3) is 0 Å². The maximum Gasteiger partial charge on any atom is 0.306 e. The highest BCUT2D eigenvalue weighted by Gasteiger charge is 2.21. The van der Waals surface area contributed by atoms with Crippen LogP contribution in [0.1, 0.15) is 51.9 Å². The molecule has 0 aromatic rings. The average Bonchev–Trinajstić information content (AvgIpc) is 2.24. The Morgan fingerprint density at radius 3 is 2.21 bits per heavy atom. The monoisotopic (exact) mass is 274 g/mol. The van der Waals surface area contributed by atoms with E-state index in [1.807, 2.05) is 0 Å². The van der Waals surface area contributed by atoms with Gasteiger partial charge in [0.25, 0.3) is 0 Å². The molecular formula is C15H32NO3+. The summed E-state index contributed by atoms with van der Waals surface area (Å²) in [5, 5.41) is 8.89. The van der Waals surface area contributed by atoms with Crippen molar-refractivity contribution in [1.82, 2.24) is 0 Å². The second-order valence-electron chi connectivity index (χ2n) is 6.33. The third kappa shape index (κ3) is 13.6. The van der Waals surface area contributed by atoms with E-state index in [4.69, 9.17) is 9.84 Å². The number of quaternary nitrogens is 1. The summed E-state index contributed by atoms with van der Waals surface area (Å²) < 4.78 is 6.47. The highest BCUT2D eigenvalue weighted by Crippen LogP contribution is 2.08. The summed E-state index contributed by atoms with van der Waals surface area (Å²) in [6, 6.07) is 0. The summed E-state index contributed by atoms with van der Waals surface area (Å²) in [5.74, 6) is -0.776. The van der Waals surface area contributed by atoms with E-state index in [1.165, 1.54) is 32.1 Å². The Kier molecular flexibility index (Phi) is 9.88. The minimum Gasteiger partial charge on any atom is -0.481 e. The van der Waals surface area contributed by atoms with Crippen LogP contribution < -0.4 is 0 Å². The smallest absolute Gasteiger partial charge is 0.306 e. The van der Waals surface area contributed by atoms with Gasteiger partial charge in [-0.2, -0.15) is 0 Å². The van der Waals surface area contributed by atoms with E-state index in [0.717, 1.165) is 17.4 Å². The molecule has 19 heavy (non-hydrogen) atoms. The van der Waals surface area contributed by atoms with Crippen LogP contribution in [0.3, 0.4) is 0 Å². The molecule has 0 spiro atoms. The van der Waals surface area contributed by atoms with Gasteiger partial charge >= 0.3 is 5.97 Å². The largest absolute Gasteiger partial charge is 0.481 e. The van der Waals surface area contributed by atoms with Gasteiger partial charge in [-0.05, 0) is 6.42 Å². The maximum absolute atomic E-state index is 10.8. The molecule has 0 aliphatic rings. The lowest BCUT2D eigenvalue weighted by Gasteiger charge is -2.28. The van der Waals surface area contributed by atoms with Gasteiger partial charge in [-0.3, -0.25) is 4.79 Å². The van der Waals surface area contributed by atoms with E-state index in [9.17, 15) is 4.79 Å². The number of aliphatic carboxylic acids is 1. The van der Waals surface area contributed by atoms with Crippen LogP contribution in [0.15, 0.2) is 0 Å². The van der Waals surface area contributed by atoms with Crippen LogP contribution in [-0.4, -0.2) is 56.0 Å². The molecule has 4 heteroatoms. The van der Waals surface area contributed by atoms with E-state index in [-0.39, 0.29) is 12.5 Å². The van der Waals surface area contributed by atoms with E-state index in [1.54, 1.807) is 0 Å². The quantitative estimate of drug-likeness (QED) is 0.440. The second-order valence-corrected chi connectivity index (χ2v) is 6.33. The van der Waals surface area contributed by atoms with Crippen molar-refractivity contribution in [2.24, 2.45) is 0 Å². The Labute approximate surface area is 118 Å². The predicted molar refractivity (Wildman–Crippen MR) is 78.3 cm³/mol. The van der Waals surface area contributed by atoms with E-state index in [2.05, 4.69) is 28.1 Å². The van der Waals surface area contributed by atoms with Gasteiger partial charge < -0.3 is 14.3 Å². The molecule has 1 atom stereocenters. The first kappa shape index (κ1) is 18.4. The molecule has 0 aliphatic heterocycles. The van der Waals surface area contributed by atoms with Crippen LogP contribution in [0.5, 0.6) is 0 Å². The number of carboxylic acids is 1. The first-order valence-corrected chi connectivity index (χ1v) is 7.49. The number of hydrogen-bond acceptors (Lipinski definition) is 2. The van der Waals surface area contributed by atoms with Crippen molar-refractivity contribution in [1.29, 1.82) is 0 Å². The minimum absolute atomic E-state index is 0.103. The highest BCUT2D eigenvalue weighted by molar-refractivity contribution is 5.67. The van der Waals surface area contributed by atoms with E-state index >= 15 is 0 Å². The van der Waals surface area contributed by atoms with Crippen LogP contribution in [0.2, 0.25) is 0 Å². The molecule has 0 aliphatic carbocycles. The van der Waals surface area contributed by atoms with E-state index < -0.39 is 5.97 Å². The molecule has 0 fully saturated rings. The lowest BCUT2D eigenvalue weighted by molar-refractivity contribution is -0.873. The first-order valence-electron chi connectivity index (χ1n) is 7.49. The summed E-state index contributed by atoms with van der Waals surface area (Å²) >= 11 is 0. The molecule has 0 amide bonds. The molecule has 0 radical (unpaired) electrons. The van der Waals surface area contributed by atoms with Crippen molar-refractivity contribution in [3.05, 3.63) is 0 Å². The van der Waals surface area contributed by atoms with Crippen LogP contribution in [0, 0.1) is 0 Å². The van der Waals surface area contributed by atoms with Crippen molar-refractivity contribution >= 4 is 5.97 Å². The van der Waals surface area contributed by atoms with Gasteiger partial charge in [-0.25, -0.2) is 0 Å². The number of carboxylic acid groups (broad SMARTS) is 1. The van der Waals surface area contributed by atoms with Crippen molar-refractivity contribution in [2.45, 2.75) is 58.0 Å². The molecule has 0 saturated carbocycles. The normalized spacial score (nSPS) is 13.5. The molecule has 4 nitrogen and oxygen atoms in total. The van der Waals surface area contributed by atoms with E-state index in [0.29, 0.717) is 6.61 Å². The Morgan fingerprint density at radius 1 is 1.11 bits per heavy atom. The fourth-order valence-electron chi connectivity index (χ4n) is 2.11. The second kappa shape index (κ2) is 10.2. The van der Waals surface area contributed by atoms with Gasteiger partial charge in [0.1, 0.15) is 12.6 Å². The van der Waals surface area contributed by atoms with Crippen LogP contribution in [0.4, 0.5) is 0 Å². The number of carbonyl (C=O) groups is 1. The third-order valence-electron chi connectivity index (χ3n) is 3.01. The van der Waals surface area contributed by atoms with Gasteiger partial charge in [-0.1, -0.05) is 39.0 Å². The van der Waals surface area contributed by atoms with Crippen molar-refractivity contribution in [3.8, 4) is 0 Å². The Bertz CT molecular complexity index is 236. The van der Waals surface area contributed by atoms with Crippen molar-refractivity contribution < 1.29 is 19.1 Å². The fraction of sp³-hybridized carbons (Fsp3) is 0.933. The number of unbranched alkanes of at least 4 members (excludes halogenated alkanes) is 5. The topological polar surface area (TPSA) is 46.5 Å². The zero-order valence-corrected chi connectivity index (χ0v) is 13.2. The minimum atomic E-state index is -0.776. The standard InChI is InChI=1S/C15H31NO3/c1-5-6-7-8-9-10-11-19-14(12-15(17)18)13-16(2,3)4/h14H,5-13H2,1-4H3/p+1. The lowest BCUT2D eigenvalue weighted by Crippen LogP contribution is -2.43. The third-order valence-corrected chi connectivity index (χ3v) is 3.01. The molecule has 0 saturated heterocycles. The molecule has 0 bridgehead atoms. The number of nitrogens with zero attached hydrogens (tertiary/aromatic N) is 1. The number of ether oxygens (including phenoxy) is 1. The summed E-state index contributed by atoms with van der Waals surface area (Å²) in [6.07, 6.45) is 7.29. The van der Waals surface area contributed by atoms with Gasteiger partial charge in [0.2, 0.25) is 0 Å². The first-order chi connectivity index (χ1) is 8.85. The summed E-state index contributed by atoms with van der Waals surface area (Å²) in [4.78, 5) is 10.8. The lowest BCUT2D eigenvalue weighted by atomic mass is 10.1. The Hall–Kier alpha value is -0.610.